The molecule has 0 amide bonds. The van der Waals surface area contributed by atoms with E-state index in [1.807, 2.05) is 50.3 Å². The first kappa shape index (κ1) is 19.5. The van der Waals surface area contributed by atoms with E-state index in [2.05, 4.69) is 16.9 Å². The van der Waals surface area contributed by atoms with Gasteiger partial charge < -0.3 is 21.7 Å². The average molecular weight is 397 g/mol. The van der Waals surface area contributed by atoms with Crippen molar-refractivity contribution < 1.29 is 31.5 Å². The number of nitrogens with one attached hydrogen (secondary N) is 2. The molecule has 0 radical (unpaired) electrons. The van der Waals surface area contributed by atoms with Crippen LogP contribution in [0, 0.1) is 0 Å². The number of rotatable bonds is 5. The number of benzene rings is 1. The normalized spacial score (nSPS) is 16.8. The first-order chi connectivity index (χ1) is 10.7. The molecule has 6 heteroatoms. The van der Waals surface area contributed by atoms with Crippen LogP contribution in [0.1, 0.15) is 25.5 Å². The summed E-state index contributed by atoms with van der Waals surface area (Å²) in [5.74, 6) is 0.500. The van der Waals surface area contributed by atoms with E-state index in [0.717, 1.165) is 22.2 Å². The van der Waals surface area contributed by atoms with E-state index in [4.69, 9.17) is 4.74 Å². The third-order valence-electron chi connectivity index (χ3n) is 3.24. The smallest absolute Gasteiger partial charge is 0.342 e. The van der Waals surface area contributed by atoms with E-state index in [1.54, 1.807) is 11.8 Å². The van der Waals surface area contributed by atoms with Crippen LogP contribution < -0.4 is 27.3 Å². The maximum absolute atomic E-state index is 12.3. The molecule has 4 nitrogen and oxygen atoms in total. The lowest BCUT2D eigenvalue weighted by Crippen LogP contribution is -3.00. The molecule has 1 aromatic rings. The Morgan fingerprint density at radius 3 is 2.74 bits per heavy atom. The van der Waals surface area contributed by atoms with Crippen molar-refractivity contribution in [3.63, 3.8) is 0 Å². The highest BCUT2D eigenvalue weighted by atomic mass is 79.9. The highest BCUT2D eigenvalue weighted by Gasteiger charge is 2.34. The van der Waals surface area contributed by atoms with Crippen LogP contribution in [0.25, 0.3) is 0 Å². The molecule has 1 heterocycles. The molecule has 0 bridgehead atoms. The van der Waals surface area contributed by atoms with E-state index >= 15 is 0 Å². The average Bonchev–Trinajstić information content (AvgIpc) is 2.53. The number of esters is 1. The fourth-order valence-corrected chi connectivity index (χ4v) is 3.00. The molecule has 0 aliphatic carbocycles. The number of carbonyl (C=O) groups is 1. The molecule has 0 spiro atoms. The summed E-state index contributed by atoms with van der Waals surface area (Å²) in [6, 6.07) is 9.69. The molecule has 1 aliphatic rings. The Labute approximate surface area is 151 Å². The standard InChI is InChI=1S/C17H20N2O2S.BrH/c1-4-11-22-17-18-12(3)14(16(20)21-5-2)15(19-17)13-9-7-6-8-10-13;/h4,6-10,15H,1,5,11H2,2-3H3,(H,18,19);1H. The first-order valence-electron chi connectivity index (χ1n) is 7.24. The Balaban J connectivity index is 0.00000264. The zero-order valence-corrected chi connectivity index (χ0v) is 15.7. The Hall–Kier alpha value is -1.53. The molecule has 0 aromatic heterocycles. The molecule has 23 heavy (non-hydrogen) atoms. The van der Waals surface area contributed by atoms with Gasteiger partial charge in [0, 0.05) is 11.3 Å². The van der Waals surface area contributed by atoms with Crippen molar-refractivity contribution in [2.24, 2.45) is 0 Å². The van der Waals surface area contributed by atoms with Crippen LogP contribution in [0.15, 0.2) is 54.3 Å². The summed E-state index contributed by atoms with van der Waals surface area (Å²) in [6.45, 7) is 7.81. The van der Waals surface area contributed by atoms with Gasteiger partial charge in [0.2, 0.25) is 0 Å². The van der Waals surface area contributed by atoms with Gasteiger partial charge in [-0.3, -0.25) is 4.99 Å². The van der Waals surface area contributed by atoms with Crippen LogP contribution >= 0.6 is 11.8 Å². The molecule has 0 fully saturated rings. The molecule has 124 valence electrons. The zero-order valence-electron chi connectivity index (χ0n) is 13.3. The molecular formula is C17H21BrN2O2S. The molecule has 0 saturated heterocycles. The van der Waals surface area contributed by atoms with Gasteiger partial charge >= 0.3 is 11.1 Å². The van der Waals surface area contributed by atoms with E-state index in [9.17, 15) is 4.79 Å². The topological polar surface area (TPSA) is 52.3 Å². The van der Waals surface area contributed by atoms with Gasteiger partial charge in [-0.05, 0) is 25.6 Å². The predicted molar refractivity (Wildman–Crippen MR) is 90.3 cm³/mol. The molecule has 1 aliphatic heterocycles. The van der Waals surface area contributed by atoms with Crippen molar-refractivity contribution in [3.8, 4) is 0 Å². The van der Waals surface area contributed by atoms with Crippen LogP contribution in [0.3, 0.4) is 0 Å². The van der Waals surface area contributed by atoms with Gasteiger partial charge in [-0.25, -0.2) is 10.1 Å². The number of amidine groups is 1. The predicted octanol–water partition coefficient (Wildman–Crippen LogP) is -1.47. The summed E-state index contributed by atoms with van der Waals surface area (Å²) in [5, 5.41) is 4.16. The molecule has 1 unspecified atom stereocenters. The molecule has 1 aromatic carbocycles. The highest BCUT2D eigenvalue weighted by molar-refractivity contribution is 8.13. The second-order valence-corrected chi connectivity index (χ2v) is 5.83. The third kappa shape index (κ3) is 4.97. The summed E-state index contributed by atoms with van der Waals surface area (Å²) in [6.07, 6.45) is 1.85. The Bertz CT molecular complexity index is 614. The lowest BCUT2D eigenvalue weighted by Gasteiger charge is -2.21. The molecular weight excluding hydrogens is 376 g/mol. The molecule has 1 atom stereocenters. The summed E-state index contributed by atoms with van der Waals surface area (Å²) in [7, 11) is 0. The van der Waals surface area contributed by atoms with Gasteiger partial charge in [0.15, 0.2) is 6.04 Å². The van der Waals surface area contributed by atoms with Crippen LogP contribution in [-0.4, -0.2) is 23.5 Å². The Morgan fingerprint density at radius 2 is 2.13 bits per heavy atom. The SMILES string of the molecule is C=CCSC1=[NH+]C(c2ccccc2)C(C(=O)OCC)=C(C)N1.[Br-]. The van der Waals surface area contributed by atoms with Gasteiger partial charge in [0.05, 0.1) is 6.61 Å². The van der Waals surface area contributed by atoms with Crippen molar-refractivity contribution >= 4 is 22.9 Å². The minimum atomic E-state index is -0.290. The zero-order chi connectivity index (χ0) is 15.9. The second kappa shape index (κ2) is 9.57. The second-order valence-electron chi connectivity index (χ2n) is 4.80. The van der Waals surface area contributed by atoms with Gasteiger partial charge in [-0.2, -0.15) is 0 Å². The van der Waals surface area contributed by atoms with Gasteiger partial charge in [-0.15, -0.1) is 6.58 Å². The Morgan fingerprint density at radius 1 is 1.43 bits per heavy atom. The summed E-state index contributed by atoms with van der Waals surface area (Å²) in [5.41, 5.74) is 2.47. The van der Waals surface area contributed by atoms with E-state index in [0.29, 0.717) is 12.2 Å². The van der Waals surface area contributed by atoms with Crippen molar-refractivity contribution in [3.05, 3.63) is 59.8 Å². The summed E-state index contributed by atoms with van der Waals surface area (Å²) >= 11 is 1.62. The van der Waals surface area contributed by atoms with Crippen LogP contribution in [-0.2, 0) is 9.53 Å². The molecule has 0 saturated carbocycles. The molecule has 2 N–H and O–H groups in total. The van der Waals surface area contributed by atoms with Crippen molar-refractivity contribution in [1.82, 2.24) is 5.32 Å². The van der Waals surface area contributed by atoms with E-state index < -0.39 is 0 Å². The number of hydrogen-bond acceptors (Lipinski definition) is 4. The largest absolute Gasteiger partial charge is 1.00 e. The number of thioether (sulfide) groups is 1. The number of halogens is 1. The third-order valence-corrected chi connectivity index (χ3v) is 4.15. The van der Waals surface area contributed by atoms with Crippen LogP contribution in [0.2, 0.25) is 0 Å². The number of ether oxygens (including phenoxy) is 1. The van der Waals surface area contributed by atoms with Crippen molar-refractivity contribution in [2.45, 2.75) is 19.9 Å². The van der Waals surface area contributed by atoms with E-state index in [-0.39, 0.29) is 29.0 Å². The van der Waals surface area contributed by atoms with Crippen LogP contribution in [0.5, 0.6) is 0 Å². The number of allylic oxidation sites excluding steroid dienone is 1. The van der Waals surface area contributed by atoms with Crippen molar-refractivity contribution in [2.75, 3.05) is 12.4 Å². The highest BCUT2D eigenvalue weighted by Crippen LogP contribution is 2.23. The first-order valence-corrected chi connectivity index (χ1v) is 8.23. The lowest BCUT2D eigenvalue weighted by molar-refractivity contribution is -0.498. The lowest BCUT2D eigenvalue weighted by atomic mass is 9.97. The van der Waals surface area contributed by atoms with E-state index in [1.165, 1.54) is 0 Å². The summed E-state index contributed by atoms with van der Waals surface area (Å²) < 4.78 is 5.21. The maximum Gasteiger partial charge on any atom is 0.342 e. The van der Waals surface area contributed by atoms with Crippen LogP contribution in [0.4, 0.5) is 0 Å². The maximum atomic E-state index is 12.3. The fourth-order valence-electron chi connectivity index (χ4n) is 2.29. The molecule has 2 rings (SSSR count). The Kier molecular flexibility index (Phi) is 8.12. The van der Waals surface area contributed by atoms with Gasteiger partial charge in [0.1, 0.15) is 11.3 Å². The van der Waals surface area contributed by atoms with Gasteiger partial charge in [-0.1, -0.05) is 36.4 Å². The number of hydrogen-bond donors (Lipinski definition) is 2. The minimum absolute atomic E-state index is 0. The summed E-state index contributed by atoms with van der Waals surface area (Å²) in [4.78, 5) is 15.7. The number of carbonyl (C=O) groups excluding carboxylic acids is 1. The fraction of sp³-hybridized carbons (Fsp3) is 0.294. The van der Waals surface area contributed by atoms with Crippen molar-refractivity contribution in [1.29, 1.82) is 0 Å². The van der Waals surface area contributed by atoms with Gasteiger partial charge in [0.25, 0.3) is 0 Å². The quantitative estimate of drug-likeness (QED) is 0.471. The minimum Gasteiger partial charge on any atom is -1.00 e. The monoisotopic (exact) mass is 396 g/mol.